The fourth-order valence-corrected chi connectivity index (χ4v) is 3.96. The number of ether oxygens (including phenoxy) is 2. The number of fused-ring (bicyclic) bond motifs is 2. The molecule has 0 amide bonds. The highest BCUT2D eigenvalue weighted by Crippen LogP contribution is 2.33. The number of hydrogen-bond donors (Lipinski definition) is 1. The number of thiophene rings is 1. The van der Waals surface area contributed by atoms with E-state index in [4.69, 9.17) is 14.0 Å². The van der Waals surface area contributed by atoms with Crippen LogP contribution in [-0.4, -0.2) is 28.3 Å². The molecule has 0 atom stereocenters. The van der Waals surface area contributed by atoms with Gasteiger partial charge in [0, 0.05) is 12.6 Å². The van der Waals surface area contributed by atoms with Gasteiger partial charge in [0.15, 0.2) is 11.5 Å². The van der Waals surface area contributed by atoms with Crippen LogP contribution in [0.15, 0.2) is 40.4 Å². The van der Waals surface area contributed by atoms with Crippen molar-refractivity contribution in [3.05, 3.63) is 47.0 Å². The number of aromatic nitrogens is 3. The van der Waals surface area contributed by atoms with Crippen molar-refractivity contribution in [2.45, 2.75) is 13.5 Å². The number of nitrogens with one attached hydrogen (secondary N) is 1. The van der Waals surface area contributed by atoms with Crippen LogP contribution in [0.5, 0.6) is 11.5 Å². The van der Waals surface area contributed by atoms with Gasteiger partial charge in [-0.05, 0) is 35.6 Å². The predicted molar refractivity (Wildman–Crippen MR) is 102 cm³/mol. The Labute approximate surface area is 159 Å². The van der Waals surface area contributed by atoms with E-state index in [1.165, 1.54) is 0 Å². The third kappa shape index (κ3) is 2.97. The maximum atomic E-state index is 5.67. The van der Waals surface area contributed by atoms with E-state index in [2.05, 4.69) is 32.7 Å². The highest BCUT2D eigenvalue weighted by atomic mass is 32.1. The van der Waals surface area contributed by atoms with E-state index in [0.717, 1.165) is 38.7 Å². The van der Waals surface area contributed by atoms with Crippen LogP contribution in [0.3, 0.4) is 0 Å². The Morgan fingerprint density at radius 1 is 1.11 bits per heavy atom. The van der Waals surface area contributed by atoms with Crippen molar-refractivity contribution in [1.82, 2.24) is 15.1 Å². The third-order valence-corrected chi connectivity index (χ3v) is 5.33. The molecule has 0 aliphatic carbocycles. The Kier molecular flexibility index (Phi) is 3.90. The molecule has 27 heavy (non-hydrogen) atoms. The minimum absolute atomic E-state index is 0.520. The first kappa shape index (κ1) is 16.1. The summed E-state index contributed by atoms with van der Waals surface area (Å²) in [6, 6.07) is 7.72. The quantitative estimate of drug-likeness (QED) is 0.572. The molecular formula is C19H16N4O3S. The highest BCUT2D eigenvalue weighted by Gasteiger charge is 2.16. The number of nitrogens with zero attached hydrogens (tertiary/aromatic N) is 3. The van der Waals surface area contributed by atoms with Crippen molar-refractivity contribution in [2.75, 3.05) is 18.5 Å². The Morgan fingerprint density at radius 2 is 2.00 bits per heavy atom. The Bertz CT molecular complexity index is 1110. The third-order valence-electron chi connectivity index (χ3n) is 4.34. The number of hydrogen-bond acceptors (Lipinski definition) is 8. The van der Waals surface area contributed by atoms with Crippen LogP contribution in [0, 0.1) is 6.92 Å². The fourth-order valence-electron chi connectivity index (χ4n) is 3.04. The van der Waals surface area contributed by atoms with E-state index in [0.29, 0.717) is 31.3 Å². The average Bonchev–Trinajstić information content (AvgIpc) is 3.36. The summed E-state index contributed by atoms with van der Waals surface area (Å²) in [4.78, 5) is 10.2. The minimum Gasteiger partial charge on any atom is -0.486 e. The Hall–Kier alpha value is -3.13. The first-order valence-electron chi connectivity index (χ1n) is 8.57. The van der Waals surface area contributed by atoms with Crippen LogP contribution in [-0.2, 0) is 6.54 Å². The highest BCUT2D eigenvalue weighted by molar-refractivity contribution is 7.17. The van der Waals surface area contributed by atoms with E-state index in [-0.39, 0.29) is 0 Å². The first-order valence-corrected chi connectivity index (χ1v) is 9.45. The average molecular weight is 380 g/mol. The summed E-state index contributed by atoms with van der Waals surface area (Å²) in [5.41, 5.74) is 2.23. The monoisotopic (exact) mass is 380 g/mol. The second kappa shape index (κ2) is 6.55. The molecule has 0 saturated carbocycles. The van der Waals surface area contributed by atoms with Gasteiger partial charge in [0.2, 0.25) is 11.6 Å². The molecule has 0 bridgehead atoms. The van der Waals surface area contributed by atoms with Gasteiger partial charge in [-0.1, -0.05) is 11.2 Å². The lowest BCUT2D eigenvalue weighted by molar-refractivity contribution is 0.171. The van der Waals surface area contributed by atoms with Crippen molar-refractivity contribution >= 4 is 27.4 Å². The van der Waals surface area contributed by atoms with Gasteiger partial charge in [-0.3, -0.25) is 0 Å². The van der Waals surface area contributed by atoms with Crippen LogP contribution >= 0.6 is 11.3 Å². The topological polar surface area (TPSA) is 82.3 Å². The molecule has 136 valence electrons. The van der Waals surface area contributed by atoms with Crippen molar-refractivity contribution in [3.8, 4) is 23.1 Å². The van der Waals surface area contributed by atoms with Crippen LogP contribution in [0.4, 0.5) is 5.82 Å². The maximum absolute atomic E-state index is 5.67. The van der Waals surface area contributed by atoms with Crippen molar-refractivity contribution in [2.24, 2.45) is 0 Å². The lowest BCUT2D eigenvalue weighted by atomic mass is 10.2. The van der Waals surface area contributed by atoms with Gasteiger partial charge < -0.3 is 19.3 Å². The zero-order valence-electron chi connectivity index (χ0n) is 14.6. The number of rotatable bonds is 4. The lowest BCUT2D eigenvalue weighted by Gasteiger charge is -2.19. The smallest absolute Gasteiger partial charge is 0.204 e. The summed E-state index contributed by atoms with van der Waals surface area (Å²) in [6.07, 6.45) is 1.59. The molecule has 0 saturated heterocycles. The molecule has 0 unspecified atom stereocenters. The van der Waals surface area contributed by atoms with E-state index in [9.17, 15) is 0 Å². The number of anilines is 1. The second-order valence-corrected chi connectivity index (χ2v) is 7.06. The standard InChI is InChI=1S/C19H16N4O3S/c1-11-10-27-19-16(11)18(22-17(23-19)14-4-5-21-26-14)20-9-12-2-3-13-15(8-12)25-7-6-24-13/h2-5,8,10H,6-7,9H2,1H3,(H,20,22,23). The van der Waals surface area contributed by atoms with E-state index in [1.54, 1.807) is 23.6 Å². The zero-order valence-corrected chi connectivity index (χ0v) is 15.4. The molecule has 1 aromatic carbocycles. The molecule has 5 rings (SSSR count). The Balaban J connectivity index is 1.48. The summed E-state index contributed by atoms with van der Waals surface area (Å²) in [5, 5.41) is 10.3. The normalized spacial score (nSPS) is 13.1. The van der Waals surface area contributed by atoms with Gasteiger partial charge in [-0.15, -0.1) is 11.3 Å². The fraction of sp³-hybridized carbons (Fsp3) is 0.211. The molecule has 7 nitrogen and oxygen atoms in total. The number of aryl methyl sites for hydroxylation is 1. The van der Waals surface area contributed by atoms with Gasteiger partial charge in [-0.25, -0.2) is 9.97 Å². The summed E-state index contributed by atoms with van der Waals surface area (Å²) in [5.74, 6) is 3.41. The summed E-state index contributed by atoms with van der Waals surface area (Å²) >= 11 is 1.59. The second-order valence-electron chi connectivity index (χ2n) is 6.20. The van der Waals surface area contributed by atoms with Crippen molar-refractivity contribution < 1.29 is 14.0 Å². The van der Waals surface area contributed by atoms with Crippen LogP contribution < -0.4 is 14.8 Å². The summed E-state index contributed by atoms with van der Waals surface area (Å²) < 4.78 is 16.5. The largest absolute Gasteiger partial charge is 0.486 e. The van der Waals surface area contributed by atoms with Crippen LogP contribution in [0.1, 0.15) is 11.1 Å². The van der Waals surface area contributed by atoms with Gasteiger partial charge in [0.25, 0.3) is 0 Å². The molecule has 4 aromatic rings. The van der Waals surface area contributed by atoms with Crippen molar-refractivity contribution in [3.63, 3.8) is 0 Å². The molecule has 3 aromatic heterocycles. The van der Waals surface area contributed by atoms with Crippen LogP contribution in [0.2, 0.25) is 0 Å². The van der Waals surface area contributed by atoms with Gasteiger partial charge in [0.1, 0.15) is 23.9 Å². The minimum atomic E-state index is 0.520. The van der Waals surface area contributed by atoms with E-state index in [1.807, 2.05) is 18.2 Å². The van der Waals surface area contributed by atoms with Gasteiger partial charge >= 0.3 is 0 Å². The molecule has 1 N–H and O–H groups in total. The first-order chi connectivity index (χ1) is 13.3. The van der Waals surface area contributed by atoms with Gasteiger partial charge in [-0.2, -0.15) is 0 Å². The van der Waals surface area contributed by atoms with E-state index < -0.39 is 0 Å². The predicted octanol–water partition coefficient (Wildman–Crippen LogP) is 4.04. The molecule has 0 radical (unpaired) electrons. The summed E-state index contributed by atoms with van der Waals surface area (Å²) in [7, 11) is 0. The summed E-state index contributed by atoms with van der Waals surface area (Å²) in [6.45, 7) is 3.83. The van der Waals surface area contributed by atoms with Crippen LogP contribution in [0.25, 0.3) is 21.8 Å². The number of benzene rings is 1. The molecule has 0 spiro atoms. The SMILES string of the molecule is Cc1csc2nc(-c3ccno3)nc(NCc3ccc4c(c3)OCCO4)c12. The maximum Gasteiger partial charge on any atom is 0.204 e. The molecule has 1 aliphatic rings. The van der Waals surface area contributed by atoms with E-state index >= 15 is 0 Å². The lowest BCUT2D eigenvalue weighted by Crippen LogP contribution is -2.15. The zero-order chi connectivity index (χ0) is 18.2. The molecule has 4 heterocycles. The van der Waals surface area contributed by atoms with Crippen molar-refractivity contribution in [1.29, 1.82) is 0 Å². The molecular weight excluding hydrogens is 364 g/mol. The molecule has 0 fully saturated rings. The Morgan fingerprint density at radius 3 is 2.85 bits per heavy atom. The van der Waals surface area contributed by atoms with Gasteiger partial charge in [0.05, 0.1) is 11.6 Å². The molecule has 8 heteroatoms. The molecule has 1 aliphatic heterocycles.